The summed E-state index contributed by atoms with van der Waals surface area (Å²) in [7, 11) is 2.01. The van der Waals surface area contributed by atoms with Gasteiger partial charge in [-0.15, -0.1) is 11.3 Å². The molecule has 1 amide bonds. The van der Waals surface area contributed by atoms with E-state index in [2.05, 4.69) is 26.4 Å². The lowest BCUT2D eigenvalue weighted by Crippen LogP contribution is -2.44. The van der Waals surface area contributed by atoms with E-state index in [-0.39, 0.29) is 5.91 Å². The van der Waals surface area contributed by atoms with Gasteiger partial charge in [-0.1, -0.05) is 0 Å². The van der Waals surface area contributed by atoms with Crippen molar-refractivity contribution in [1.29, 1.82) is 0 Å². The summed E-state index contributed by atoms with van der Waals surface area (Å²) in [5.41, 5.74) is 5.16. The maximum Gasteiger partial charge on any atom is 0.223 e. The highest BCUT2D eigenvalue weighted by Crippen LogP contribution is 2.29. The van der Waals surface area contributed by atoms with Gasteiger partial charge in [0.15, 0.2) is 0 Å². The molecule has 1 saturated carbocycles. The molecule has 1 N–H and O–H groups in total. The Labute approximate surface area is 152 Å². The van der Waals surface area contributed by atoms with Crippen LogP contribution in [0.4, 0.5) is 0 Å². The number of aromatic nitrogens is 3. The van der Waals surface area contributed by atoms with Gasteiger partial charge >= 0.3 is 0 Å². The number of piperidine rings is 1. The minimum absolute atomic E-state index is 0.273. The van der Waals surface area contributed by atoms with Crippen LogP contribution in [0.1, 0.15) is 37.1 Å². The Morgan fingerprint density at radius 1 is 1.32 bits per heavy atom. The van der Waals surface area contributed by atoms with E-state index in [1.54, 1.807) is 11.3 Å². The van der Waals surface area contributed by atoms with Crippen LogP contribution in [-0.2, 0) is 18.4 Å². The van der Waals surface area contributed by atoms with E-state index < -0.39 is 0 Å². The molecule has 2 fully saturated rings. The van der Waals surface area contributed by atoms with Crippen molar-refractivity contribution >= 4 is 17.2 Å². The molecule has 1 aliphatic heterocycles. The van der Waals surface area contributed by atoms with Gasteiger partial charge in [0.1, 0.15) is 5.69 Å². The molecular formula is C18H25N5OS. The number of carbonyl (C=O) groups is 1. The topological polar surface area (TPSA) is 63.1 Å². The third-order valence-electron chi connectivity index (χ3n) is 5.22. The van der Waals surface area contributed by atoms with Gasteiger partial charge in [-0.3, -0.25) is 14.4 Å². The molecule has 2 aliphatic rings. The average molecular weight is 359 g/mol. The molecule has 0 spiro atoms. The Bertz CT molecular complexity index is 755. The molecule has 0 unspecified atom stereocenters. The normalized spacial score (nSPS) is 19.3. The van der Waals surface area contributed by atoms with Crippen molar-refractivity contribution in [2.45, 2.75) is 45.2 Å². The van der Waals surface area contributed by atoms with Crippen LogP contribution in [0, 0.1) is 12.8 Å². The standard InChI is InChI=1S/C18H25N5OS/c1-12-17(25-11-19-12)16-9-15(22(2)21-16)10-23-7-5-14(6-8-23)20-18(24)13-3-4-13/h9,11,13-14H,3-8,10H2,1-2H3,(H,20,24). The van der Waals surface area contributed by atoms with E-state index in [4.69, 9.17) is 0 Å². The summed E-state index contributed by atoms with van der Waals surface area (Å²) in [6, 6.07) is 2.54. The largest absolute Gasteiger partial charge is 0.353 e. The number of aryl methyl sites for hydroxylation is 2. The van der Waals surface area contributed by atoms with Crippen LogP contribution in [0.15, 0.2) is 11.6 Å². The number of nitrogens with one attached hydrogen (secondary N) is 1. The molecule has 0 bridgehead atoms. The molecule has 1 saturated heterocycles. The first-order valence-corrected chi connectivity index (χ1v) is 9.94. The molecule has 6 nitrogen and oxygen atoms in total. The van der Waals surface area contributed by atoms with Crippen molar-refractivity contribution < 1.29 is 4.79 Å². The molecule has 1 aliphatic carbocycles. The maximum atomic E-state index is 11.9. The van der Waals surface area contributed by atoms with Crippen molar-refractivity contribution in [1.82, 2.24) is 25.0 Å². The van der Waals surface area contributed by atoms with Gasteiger partial charge in [-0.25, -0.2) is 4.98 Å². The van der Waals surface area contributed by atoms with Crippen molar-refractivity contribution in [2.75, 3.05) is 13.1 Å². The lowest BCUT2D eigenvalue weighted by molar-refractivity contribution is -0.123. The van der Waals surface area contributed by atoms with E-state index in [0.29, 0.717) is 12.0 Å². The van der Waals surface area contributed by atoms with Crippen molar-refractivity contribution in [3.63, 3.8) is 0 Å². The molecule has 4 rings (SSSR count). The zero-order chi connectivity index (χ0) is 17.4. The second-order valence-corrected chi connectivity index (χ2v) is 8.10. The smallest absolute Gasteiger partial charge is 0.223 e. The van der Waals surface area contributed by atoms with Gasteiger partial charge in [-0.2, -0.15) is 5.10 Å². The predicted molar refractivity (Wildman–Crippen MR) is 98.2 cm³/mol. The lowest BCUT2D eigenvalue weighted by atomic mass is 10.0. The van der Waals surface area contributed by atoms with Crippen LogP contribution < -0.4 is 5.32 Å². The number of likely N-dealkylation sites (tertiary alicyclic amines) is 1. The molecule has 25 heavy (non-hydrogen) atoms. The van der Waals surface area contributed by atoms with Gasteiger partial charge in [0.2, 0.25) is 5.91 Å². The van der Waals surface area contributed by atoms with Crippen molar-refractivity contribution in [3.05, 3.63) is 23.0 Å². The molecule has 0 radical (unpaired) electrons. The monoisotopic (exact) mass is 359 g/mol. The van der Waals surface area contributed by atoms with Crippen LogP contribution in [-0.4, -0.2) is 44.7 Å². The molecule has 3 heterocycles. The number of carbonyl (C=O) groups excluding carboxylic acids is 1. The second-order valence-electron chi connectivity index (χ2n) is 7.24. The predicted octanol–water partition coefficient (Wildman–Crippen LogP) is 2.34. The van der Waals surface area contributed by atoms with Gasteiger partial charge in [-0.05, 0) is 38.7 Å². The highest BCUT2D eigenvalue weighted by Gasteiger charge is 2.31. The number of hydrogen-bond donors (Lipinski definition) is 1. The van der Waals surface area contributed by atoms with Crippen LogP contribution in [0.5, 0.6) is 0 Å². The molecular weight excluding hydrogens is 334 g/mol. The van der Waals surface area contributed by atoms with Gasteiger partial charge < -0.3 is 5.32 Å². The second kappa shape index (κ2) is 6.88. The van der Waals surface area contributed by atoms with Crippen LogP contribution in [0.3, 0.4) is 0 Å². The molecule has 2 aromatic rings. The Hall–Kier alpha value is -1.73. The fraction of sp³-hybridized carbons (Fsp3) is 0.611. The zero-order valence-electron chi connectivity index (χ0n) is 14.9. The summed E-state index contributed by atoms with van der Waals surface area (Å²) >= 11 is 1.64. The van der Waals surface area contributed by atoms with E-state index in [9.17, 15) is 4.79 Å². The molecule has 134 valence electrons. The Morgan fingerprint density at radius 2 is 2.08 bits per heavy atom. The highest BCUT2D eigenvalue weighted by atomic mass is 32.1. The van der Waals surface area contributed by atoms with Crippen molar-refractivity contribution in [3.8, 4) is 10.6 Å². The van der Waals surface area contributed by atoms with Gasteiger partial charge in [0.25, 0.3) is 0 Å². The summed E-state index contributed by atoms with van der Waals surface area (Å²) in [5, 5.41) is 7.88. The molecule has 0 atom stereocenters. The van der Waals surface area contributed by atoms with Crippen LogP contribution >= 0.6 is 11.3 Å². The first-order valence-electron chi connectivity index (χ1n) is 9.06. The lowest BCUT2D eigenvalue weighted by Gasteiger charge is -2.32. The summed E-state index contributed by atoms with van der Waals surface area (Å²) in [6.07, 6.45) is 4.23. The van der Waals surface area contributed by atoms with Crippen LogP contribution in [0.2, 0.25) is 0 Å². The first-order chi connectivity index (χ1) is 12.1. The minimum Gasteiger partial charge on any atom is -0.353 e. The highest BCUT2D eigenvalue weighted by molar-refractivity contribution is 7.13. The average Bonchev–Trinajstić information content (AvgIpc) is 3.28. The van der Waals surface area contributed by atoms with Crippen LogP contribution in [0.25, 0.3) is 10.6 Å². The minimum atomic E-state index is 0.273. The van der Waals surface area contributed by atoms with Crippen molar-refractivity contribution in [2.24, 2.45) is 13.0 Å². The number of rotatable bonds is 5. The molecule has 0 aromatic carbocycles. The Morgan fingerprint density at radius 3 is 2.72 bits per heavy atom. The van der Waals surface area contributed by atoms with E-state index in [1.807, 2.05) is 24.2 Å². The third-order valence-corrected chi connectivity index (χ3v) is 6.17. The number of thiazole rings is 1. The quantitative estimate of drug-likeness (QED) is 0.890. The van der Waals surface area contributed by atoms with E-state index >= 15 is 0 Å². The fourth-order valence-electron chi connectivity index (χ4n) is 3.44. The zero-order valence-corrected chi connectivity index (χ0v) is 15.7. The van der Waals surface area contributed by atoms with E-state index in [0.717, 1.165) is 61.6 Å². The third kappa shape index (κ3) is 3.77. The SMILES string of the molecule is Cc1ncsc1-c1cc(CN2CCC(NC(=O)C3CC3)CC2)n(C)n1. The summed E-state index contributed by atoms with van der Waals surface area (Å²) in [4.78, 5) is 19.8. The Balaban J connectivity index is 1.33. The number of hydrogen-bond acceptors (Lipinski definition) is 5. The first kappa shape index (κ1) is 16.7. The summed E-state index contributed by atoms with van der Waals surface area (Å²) in [6.45, 7) is 4.98. The summed E-state index contributed by atoms with van der Waals surface area (Å²) in [5.74, 6) is 0.579. The van der Waals surface area contributed by atoms with Gasteiger partial charge in [0.05, 0.1) is 21.8 Å². The maximum absolute atomic E-state index is 11.9. The van der Waals surface area contributed by atoms with E-state index in [1.165, 1.54) is 5.69 Å². The number of nitrogens with zero attached hydrogens (tertiary/aromatic N) is 4. The number of amides is 1. The summed E-state index contributed by atoms with van der Waals surface area (Å²) < 4.78 is 1.98. The van der Waals surface area contributed by atoms with Gasteiger partial charge in [0, 0.05) is 38.6 Å². The fourth-order valence-corrected chi connectivity index (χ4v) is 4.20. The molecule has 2 aromatic heterocycles. The Kier molecular flexibility index (Phi) is 4.60. The molecule has 7 heteroatoms.